The highest BCUT2D eigenvalue weighted by Crippen LogP contribution is 2.20. The van der Waals surface area contributed by atoms with Gasteiger partial charge >= 0.3 is 0 Å². The van der Waals surface area contributed by atoms with Crippen LogP contribution in [0.2, 0.25) is 0 Å². The molecule has 0 fully saturated rings. The maximum Gasteiger partial charge on any atom is 0.274 e. The molecule has 1 amide bonds. The molecule has 0 radical (unpaired) electrons. The summed E-state index contributed by atoms with van der Waals surface area (Å²) in [6, 6.07) is 6.76. The van der Waals surface area contributed by atoms with E-state index in [9.17, 15) is 4.79 Å². The Kier molecular flexibility index (Phi) is 5.20. The van der Waals surface area contributed by atoms with Crippen molar-refractivity contribution in [3.8, 4) is 11.5 Å². The van der Waals surface area contributed by atoms with Crippen molar-refractivity contribution >= 4 is 5.91 Å². The molecular weight excluding hydrogens is 278 g/mol. The maximum atomic E-state index is 12.1. The van der Waals surface area contributed by atoms with E-state index in [0.29, 0.717) is 17.2 Å². The third-order valence-electron chi connectivity index (χ3n) is 2.61. The highest BCUT2D eigenvalue weighted by atomic mass is 16.5. The highest BCUT2D eigenvalue weighted by molar-refractivity contribution is 5.94. The van der Waals surface area contributed by atoms with Gasteiger partial charge < -0.3 is 10.1 Å². The molecule has 0 aliphatic heterocycles. The molecule has 5 nitrogen and oxygen atoms in total. The SMILES string of the molecule is C=C/C=C(\C=C)NC(=O)c1cc(Oc2cccnc2)ccn1. The summed E-state index contributed by atoms with van der Waals surface area (Å²) in [4.78, 5) is 20.1. The van der Waals surface area contributed by atoms with E-state index < -0.39 is 0 Å². The predicted molar refractivity (Wildman–Crippen MR) is 84.5 cm³/mol. The van der Waals surface area contributed by atoms with Crippen LogP contribution < -0.4 is 10.1 Å². The summed E-state index contributed by atoms with van der Waals surface area (Å²) < 4.78 is 5.61. The Balaban J connectivity index is 2.14. The van der Waals surface area contributed by atoms with Gasteiger partial charge in [-0.15, -0.1) is 0 Å². The molecule has 0 aliphatic rings. The summed E-state index contributed by atoms with van der Waals surface area (Å²) >= 11 is 0. The number of carbonyl (C=O) groups excluding carboxylic acids is 1. The van der Waals surface area contributed by atoms with Gasteiger partial charge in [-0.3, -0.25) is 14.8 Å². The second-order valence-electron chi connectivity index (χ2n) is 4.18. The molecule has 0 atom stereocenters. The van der Waals surface area contributed by atoms with Gasteiger partial charge in [0.1, 0.15) is 17.2 Å². The van der Waals surface area contributed by atoms with Crippen molar-refractivity contribution in [3.05, 3.63) is 85.6 Å². The van der Waals surface area contributed by atoms with Crippen molar-refractivity contribution in [2.45, 2.75) is 0 Å². The number of hydrogen-bond acceptors (Lipinski definition) is 4. The fourth-order valence-electron chi connectivity index (χ4n) is 1.63. The fourth-order valence-corrected chi connectivity index (χ4v) is 1.63. The van der Waals surface area contributed by atoms with Crippen LogP contribution in [0.25, 0.3) is 0 Å². The third kappa shape index (κ3) is 4.14. The first kappa shape index (κ1) is 15.2. The number of amides is 1. The smallest absolute Gasteiger partial charge is 0.274 e. The molecule has 0 aromatic carbocycles. The van der Waals surface area contributed by atoms with Gasteiger partial charge in [-0.1, -0.05) is 19.2 Å². The van der Waals surface area contributed by atoms with E-state index in [1.807, 2.05) is 0 Å². The summed E-state index contributed by atoms with van der Waals surface area (Å²) in [6.45, 7) is 7.19. The van der Waals surface area contributed by atoms with Crippen molar-refractivity contribution < 1.29 is 9.53 Å². The minimum Gasteiger partial charge on any atom is -0.456 e. The van der Waals surface area contributed by atoms with E-state index >= 15 is 0 Å². The number of rotatable bonds is 6. The number of pyridine rings is 2. The van der Waals surface area contributed by atoms with Crippen LogP contribution in [0.3, 0.4) is 0 Å². The lowest BCUT2D eigenvalue weighted by Gasteiger charge is -2.07. The molecule has 2 aromatic rings. The number of allylic oxidation sites excluding steroid dienone is 3. The molecule has 1 N–H and O–H groups in total. The molecule has 0 spiro atoms. The van der Waals surface area contributed by atoms with E-state index in [-0.39, 0.29) is 11.6 Å². The van der Waals surface area contributed by atoms with Crippen LogP contribution in [-0.2, 0) is 0 Å². The lowest BCUT2D eigenvalue weighted by Crippen LogP contribution is -2.22. The minimum absolute atomic E-state index is 0.234. The maximum absolute atomic E-state index is 12.1. The average Bonchev–Trinajstić information content (AvgIpc) is 2.55. The molecule has 0 unspecified atom stereocenters. The van der Waals surface area contributed by atoms with Crippen molar-refractivity contribution in [1.82, 2.24) is 15.3 Å². The molecule has 110 valence electrons. The van der Waals surface area contributed by atoms with Gasteiger partial charge in [-0.2, -0.15) is 0 Å². The monoisotopic (exact) mass is 293 g/mol. The number of nitrogens with one attached hydrogen (secondary N) is 1. The number of aromatic nitrogens is 2. The Morgan fingerprint density at radius 2 is 2.09 bits per heavy atom. The second kappa shape index (κ2) is 7.54. The quantitative estimate of drug-likeness (QED) is 0.830. The molecule has 0 bridgehead atoms. The first-order valence-corrected chi connectivity index (χ1v) is 6.53. The topological polar surface area (TPSA) is 64.1 Å². The van der Waals surface area contributed by atoms with E-state index in [0.717, 1.165) is 0 Å². The Labute approximate surface area is 128 Å². The first-order valence-electron chi connectivity index (χ1n) is 6.53. The molecule has 0 saturated carbocycles. The fraction of sp³-hybridized carbons (Fsp3) is 0. The van der Waals surface area contributed by atoms with Gasteiger partial charge in [0.15, 0.2) is 0 Å². The van der Waals surface area contributed by atoms with E-state index in [4.69, 9.17) is 4.74 Å². The zero-order chi connectivity index (χ0) is 15.8. The highest BCUT2D eigenvalue weighted by Gasteiger charge is 2.09. The lowest BCUT2D eigenvalue weighted by atomic mass is 10.3. The van der Waals surface area contributed by atoms with Crippen LogP contribution in [0.4, 0.5) is 0 Å². The Morgan fingerprint density at radius 3 is 2.77 bits per heavy atom. The number of carbonyl (C=O) groups is 1. The van der Waals surface area contributed by atoms with Crippen LogP contribution in [0.15, 0.2) is 79.9 Å². The summed E-state index contributed by atoms with van der Waals surface area (Å²) in [5.41, 5.74) is 0.776. The average molecular weight is 293 g/mol. The van der Waals surface area contributed by atoms with Crippen LogP contribution >= 0.6 is 0 Å². The second-order valence-corrected chi connectivity index (χ2v) is 4.18. The van der Waals surface area contributed by atoms with Gasteiger partial charge in [-0.05, 0) is 30.4 Å². The molecule has 2 heterocycles. The summed E-state index contributed by atoms with van der Waals surface area (Å²) in [7, 11) is 0. The summed E-state index contributed by atoms with van der Waals surface area (Å²) in [5, 5.41) is 2.68. The predicted octanol–water partition coefficient (Wildman–Crippen LogP) is 3.25. The first-order chi connectivity index (χ1) is 10.7. The Bertz CT molecular complexity index is 709. The third-order valence-corrected chi connectivity index (χ3v) is 2.61. The zero-order valence-electron chi connectivity index (χ0n) is 11.9. The Morgan fingerprint density at radius 1 is 1.23 bits per heavy atom. The molecule has 0 aliphatic carbocycles. The molecular formula is C17H15N3O2. The number of hydrogen-bond donors (Lipinski definition) is 1. The molecule has 22 heavy (non-hydrogen) atoms. The molecule has 2 aromatic heterocycles. The van der Waals surface area contributed by atoms with E-state index in [1.54, 1.807) is 48.8 Å². The zero-order valence-corrected chi connectivity index (χ0v) is 11.9. The van der Waals surface area contributed by atoms with Crippen molar-refractivity contribution in [1.29, 1.82) is 0 Å². The number of ether oxygens (including phenoxy) is 1. The van der Waals surface area contributed by atoms with Gasteiger partial charge in [0, 0.05) is 24.2 Å². The van der Waals surface area contributed by atoms with Crippen LogP contribution in [-0.4, -0.2) is 15.9 Å². The molecule has 2 rings (SSSR count). The van der Waals surface area contributed by atoms with Crippen LogP contribution in [0.1, 0.15) is 10.5 Å². The Hall–Kier alpha value is -3.21. The summed E-state index contributed by atoms with van der Waals surface area (Å²) in [6.07, 6.45) is 9.47. The lowest BCUT2D eigenvalue weighted by molar-refractivity contribution is 0.0962. The van der Waals surface area contributed by atoms with Crippen molar-refractivity contribution in [2.75, 3.05) is 0 Å². The number of nitrogens with zero attached hydrogens (tertiary/aromatic N) is 2. The van der Waals surface area contributed by atoms with Crippen molar-refractivity contribution in [2.24, 2.45) is 0 Å². The molecule has 0 saturated heterocycles. The van der Waals surface area contributed by atoms with Crippen molar-refractivity contribution in [3.63, 3.8) is 0 Å². The summed E-state index contributed by atoms with van der Waals surface area (Å²) in [5.74, 6) is 0.726. The van der Waals surface area contributed by atoms with Crippen LogP contribution in [0, 0.1) is 0 Å². The van der Waals surface area contributed by atoms with Gasteiger partial charge in [0.25, 0.3) is 5.91 Å². The van der Waals surface area contributed by atoms with Crippen LogP contribution in [0.5, 0.6) is 11.5 Å². The van der Waals surface area contributed by atoms with Gasteiger partial charge in [-0.25, -0.2) is 0 Å². The van der Waals surface area contributed by atoms with E-state index in [1.165, 1.54) is 12.3 Å². The van der Waals surface area contributed by atoms with Gasteiger partial charge in [0.2, 0.25) is 0 Å². The van der Waals surface area contributed by atoms with Gasteiger partial charge in [0.05, 0.1) is 6.20 Å². The largest absolute Gasteiger partial charge is 0.456 e. The normalized spacial score (nSPS) is 10.6. The minimum atomic E-state index is -0.357. The molecule has 5 heteroatoms. The standard InChI is InChI=1S/C17H15N3O2/c1-3-6-13(4-2)20-17(21)16-11-14(8-10-19-16)22-15-7-5-9-18-12-15/h3-12H,1-2H2,(H,20,21)/b13-6+. The van der Waals surface area contributed by atoms with E-state index in [2.05, 4.69) is 28.4 Å².